The van der Waals surface area contributed by atoms with Gasteiger partial charge in [-0.25, -0.2) is 0 Å². The number of hydrogen-bond acceptors (Lipinski definition) is 4. The first-order chi connectivity index (χ1) is 14.1. The number of ether oxygens (including phenoxy) is 1. The van der Waals surface area contributed by atoms with Crippen molar-refractivity contribution in [3.8, 4) is 5.75 Å². The van der Waals surface area contributed by atoms with Crippen LogP contribution in [0.3, 0.4) is 0 Å². The lowest BCUT2D eigenvalue weighted by Crippen LogP contribution is -2.25. The van der Waals surface area contributed by atoms with E-state index in [4.69, 9.17) is 4.74 Å². The summed E-state index contributed by atoms with van der Waals surface area (Å²) in [5.74, 6) is 1.04. The fraction of sp³-hybridized carbons (Fsp3) is 0.217. The molecule has 0 aliphatic heterocycles. The van der Waals surface area contributed by atoms with Gasteiger partial charge in [0.25, 0.3) is 5.91 Å². The SMILES string of the molecule is CSCc1ccc(C(=O)NCc2cc(=O)c(OCc3ccccc3)cn2C)cc1. The topological polar surface area (TPSA) is 60.3 Å². The van der Waals surface area contributed by atoms with Crippen LogP contribution in [0.5, 0.6) is 5.75 Å². The molecular weight excluding hydrogens is 384 g/mol. The third-order valence-corrected chi connectivity index (χ3v) is 5.12. The van der Waals surface area contributed by atoms with Crippen molar-refractivity contribution in [3.05, 3.63) is 99.5 Å². The Morgan fingerprint density at radius 3 is 2.48 bits per heavy atom. The van der Waals surface area contributed by atoms with Gasteiger partial charge in [0.15, 0.2) is 5.75 Å². The average molecular weight is 409 g/mol. The molecular formula is C23H24N2O3S. The summed E-state index contributed by atoms with van der Waals surface area (Å²) in [5, 5.41) is 2.87. The molecule has 2 aromatic carbocycles. The second-order valence-electron chi connectivity index (χ2n) is 6.69. The zero-order chi connectivity index (χ0) is 20.6. The maximum Gasteiger partial charge on any atom is 0.251 e. The molecule has 3 rings (SSSR count). The van der Waals surface area contributed by atoms with E-state index in [0.717, 1.165) is 11.3 Å². The largest absolute Gasteiger partial charge is 0.483 e. The van der Waals surface area contributed by atoms with E-state index >= 15 is 0 Å². The van der Waals surface area contributed by atoms with Crippen LogP contribution in [0, 0.1) is 0 Å². The van der Waals surface area contributed by atoms with Crippen LogP contribution in [0.25, 0.3) is 0 Å². The zero-order valence-corrected chi connectivity index (χ0v) is 17.4. The molecule has 0 bridgehead atoms. The highest BCUT2D eigenvalue weighted by molar-refractivity contribution is 7.97. The molecule has 0 atom stereocenters. The van der Waals surface area contributed by atoms with Gasteiger partial charge in [0.05, 0.1) is 12.7 Å². The molecule has 1 N–H and O–H groups in total. The molecule has 0 aliphatic rings. The summed E-state index contributed by atoms with van der Waals surface area (Å²) in [5.41, 5.74) is 3.28. The third kappa shape index (κ3) is 5.74. The summed E-state index contributed by atoms with van der Waals surface area (Å²) in [6.45, 7) is 0.592. The van der Waals surface area contributed by atoms with E-state index < -0.39 is 0 Å². The van der Waals surface area contributed by atoms with Crippen LogP contribution in [0.15, 0.2) is 71.7 Å². The Morgan fingerprint density at radius 1 is 1.07 bits per heavy atom. The number of pyridine rings is 1. The van der Waals surface area contributed by atoms with Gasteiger partial charge in [0, 0.05) is 30.1 Å². The Labute approximate surface area is 174 Å². The third-order valence-electron chi connectivity index (χ3n) is 4.50. The van der Waals surface area contributed by atoms with Crippen molar-refractivity contribution >= 4 is 17.7 Å². The standard InChI is InChI=1S/C23H24N2O3S/c1-25-14-22(28-15-17-6-4-3-5-7-17)21(26)12-20(25)13-24-23(27)19-10-8-18(9-11-19)16-29-2/h3-12,14H,13,15-16H2,1-2H3,(H,24,27). The van der Waals surface area contributed by atoms with Gasteiger partial charge in [0.1, 0.15) is 6.61 Å². The highest BCUT2D eigenvalue weighted by atomic mass is 32.2. The Bertz CT molecular complexity index is 1010. The normalized spacial score (nSPS) is 10.6. The molecule has 1 aromatic heterocycles. The van der Waals surface area contributed by atoms with Crippen molar-refractivity contribution in [2.75, 3.05) is 6.26 Å². The fourth-order valence-electron chi connectivity index (χ4n) is 2.86. The Hall–Kier alpha value is -2.99. The molecule has 0 saturated carbocycles. The molecule has 150 valence electrons. The summed E-state index contributed by atoms with van der Waals surface area (Å²) in [6, 6.07) is 18.7. The maximum absolute atomic E-state index is 12.4. The van der Waals surface area contributed by atoms with Gasteiger partial charge in [-0.2, -0.15) is 11.8 Å². The molecule has 6 heteroatoms. The van der Waals surface area contributed by atoms with Gasteiger partial charge < -0.3 is 14.6 Å². The van der Waals surface area contributed by atoms with Gasteiger partial charge >= 0.3 is 0 Å². The minimum Gasteiger partial charge on any atom is -0.483 e. The van der Waals surface area contributed by atoms with Crippen LogP contribution in [-0.2, 0) is 26.0 Å². The molecule has 0 fully saturated rings. The Kier molecular flexibility index (Phi) is 7.14. The monoisotopic (exact) mass is 408 g/mol. The van der Waals surface area contributed by atoms with Crippen LogP contribution in [0.4, 0.5) is 0 Å². The predicted molar refractivity (Wildman–Crippen MR) is 117 cm³/mol. The first kappa shape index (κ1) is 20.7. The summed E-state index contributed by atoms with van der Waals surface area (Å²) in [6.07, 6.45) is 3.70. The molecule has 1 amide bonds. The average Bonchev–Trinajstić information content (AvgIpc) is 2.74. The van der Waals surface area contributed by atoms with Crippen LogP contribution < -0.4 is 15.5 Å². The van der Waals surface area contributed by atoms with Crippen LogP contribution in [0.2, 0.25) is 0 Å². The van der Waals surface area contributed by atoms with E-state index in [9.17, 15) is 9.59 Å². The molecule has 0 aliphatic carbocycles. The van der Waals surface area contributed by atoms with Crippen LogP contribution in [-0.4, -0.2) is 16.7 Å². The number of aromatic nitrogens is 1. The molecule has 29 heavy (non-hydrogen) atoms. The lowest BCUT2D eigenvalue weighted by Gasteiger charge is -2.13. The van der Waals surface area contributed by atoms with Crippen LogP contribution >= 0.6 is 11.8 Å². The molecule has 0 radical (unpaired) electrons. The summed E-state index contributed by atoms with van der Waals surface area (Å²) in [4.78, 5) is 24.8. The second kappa shape index (κ2) is 9.98. The van der Waals surface area contributed by atoms with Crippen molar-refractivity contribution in [1.82, 2.24) is 9.88 Å². The van der Waals surface area contributed by atoms with Crippen molar-refractivity contribution in [2.24, 2.45) is 7.05 Å². The number of benzene rings is 2. The van der Waals surface area contributed by atoms with E-state index in [1.165, 1.54) is 11.6 Å². The van der Waals surface area contributed by atoms with E-state index in [1.807, 2.05) is 67.9 Å². The highest BCUT2D eigenvalue weighted by Crippen LogP contribution is 2.12. The van der Waals surface area contributed by atoms with Crippen molar-refractivity contribution in [1.29, 1.82) is 0 Å². The second-order valence-corrected chi connectivity index (χ2v) is 7.56. The molecule has 0 unspecified atom stereocenters. The first-order valence-electron chi connectivity index (χ1n) is 9.29. The van der Waals surface area contributed by atoms with Crippen molar-refractivity contribution < 1.29 is 9.53 Å². The predicted octanol–water partition coefficient (Wildman–Crippen LogP) is 3.76. The number of nitrogens with one attached hydrogen (secondary N) is 1. The zero-order valence-electron chi connectivity index (χ0n) is 16.6. The van der Waals surface area contributed by atoms with E-state index in [1.54, 1.807) is 22.5 Å². The number of carbonyl (C=O) groups is 1. The number of amides is 1. The lowest BCUT2D eigenvalue weighted by molar-refractivity contribution is 0.0950. The van der Waals surface area contributed by atoms with E-state index in [2.05, 4.69) is 5.32 Å². The van der Waals surface area contributed by atoms with Gasteiger partial charge in [0.2, 0.25) is 5.43 Å². The number of aryl methyl sites for hydroxylation is 1. The van der Waals surface area contributed by atoms with Gasteiger partial charge in [-0.1, -0.05) is 42.5 Å². The number of rotatable bonds is 8. The van der Waals surface area contributed by atoms with E-state index in [-0.39, 0.29) is 23.6 Å². The Balaban J connectivity index is 1.61. The highest BCUT2D eigenvalue weighted by Gasteiger charge is 2.09. The quantitative estimate of drug-likeness (QED) is 0.617. The summed E-state index contributed by atoms with van der Waals surface area (Å²) in [7, 11) is 1.83. The molecule has 3 aromatic rings. The smallest absolute Gasteiger partial charge is 0.251 e. The number of carbonyl (C=O) groups excluding carboxylic acids is 1. The number of thioether (sulfide) groups is 1. The van der Waals surface area contributed by atoms with Crippen molar-refractivity contribution in [3.63, 3.8) is 0 Å². The minimum atomic E-state index is -0.204. The van der Waals surface area contributed by atoms with E-state index in [0.29, 0.717) is 17.9 Å². The van der Waals surface area contributed by atoms with Gasteiger partial charge in [-0.05, 0) is 29.5 Å². The van der Waals surface area contributed by atoms with Crippen molar-refractivity contribution in [2.45, 2.75) is 18.9 Å². The number of hydrogen-bond donors (Lipinski definition) is 1. The first-order valence-corrected chi connectivity index (χ1v) is 10.7. The maximum atomic E-state index is 12.4. The summed E-state index contributed by atoms with van der Waals surface area (Å²) >= 11 is 1.74. The number of nitrogens with zero attached hydrogens (tertiary/aromatic N) is 1. The minimum absolute atomic E-state index is 0.169. The lowest BCUT2D eigenvalue weighted by atomic mass is 10.1. The van der Waals surface area contributed by atoms with Crippen LogP contribution in [0.1, 0.15) is 27.2 Å². The molecule has 5 nitrogen and oxygen atoms in total. The molecule has 1 heterocycles. The molecule has 0 spiro atoms. The van der Waals surface area contributed by atoms with Gasteiger partial charge in [-0.15, -0.1) is 0 Å². The fourth-order valence-corrected chi connectivity index (χ4v) is 3.38. The van der Waals surface area contributed by atoms with Gasteiger partial charge in [-0.3, -0.25) is 9.59 Å². The summed E-state index contributed by atoms with van der Waals surface area (Å²) < 4.78 is 7.46. The Morgan fingerprint density at radius 2 is 1.79 bits per heavy atom. The molecule has 0 saturated heterocycles.